The molecule has 0 radical (unpaired) electrons. The first-order valence-corrected chi connectivity index (χ1v) is 9.06. The van der Waals surface area contributed by atoms with E-state index in [0.29, 0.717) is 5.69 Å². The third-order valence-electron chi connectivity index (χ3n) is 3.90. The molecule has 1 fully saturated rings. The number of sulfonamides is 1. The lowest BCUT2D eigenvalue weighted by Crippen LogP contribution is -2.31. The Hall–Kier alpha value is -1.92. The number of amides is 1. The van der Waals surface area contributed by atoms with E-state index in [-0.39, 0.29) is 29.8 Å². The molecule has 0 atom stereocenters. The van der Waals surface area contributed by atoms with Crippen LogP contribution in [0.25, 0.3) is 0 Å². The zero-order valence-corrected chi connectivity index (χ0v) is 13.9. The molecule has 1 aromatic rings. The highest BCUT2D eigenvalue weighted by Gasteiger charge is 2.25. The normalized spacial score (nSPS) is 15.0. The quantitative estimate of drug-likeness (QED) is 0.743. The van der Waals surface area contributed by atoms with Crippen molar-refractivity contribution >= 4 is 21.6 Å². The van der Waals surface area contributed by atoms with E-state index in [9.17, 15) is 13.2 Å². The molecule has 6 heteroatoms. The highest BCUT2D eigenvalue weighted by atomic mass is 32.2. The Morgan fingerprint density at radius 1 is 1.17 bits per heavy atom. The molecule has 1 amide bonds. The first-order valence-electron chi connectivity index (χ1n) is 7.62. The minimum absolute atomic E-state index is 0.00629. The number of anilines is 1. The van der Waals surface area contributed by atoms with Crippen molar-refractivity contribution in [3.05, 3.63) is 49.6 Å². The zero-order valence-electron chi connectivity index (χ0n) is 13.1. The molecule has 1 aliphatic carbocycles. The molecule has 0 unspecified atom stereocenters. The van der Waals surface area contributed by atoms with Crippen LogP contribution in [0.15, 0.2) is 54.5 Å². The van der Waals surface area contributed by atoms with Crippen molar-refractivity contribution in [2.45, 2.75) is 24.2 Å². The van der Waals surface area contributed by atoms with Crippen molar-refractivity contribution in [1.82, 2.24) is 4.31 Å². The first kappa shape index (κ1) is 17.4. The number of nitrogens with one attached hydrogen (secondary N) is 1. The molecule has 1 aliphatic rings. The van der Waals surface area contributed by atoms with Crippen LogP contribution < -0.4 is 5.32 Å². The molecule has 0 heterocycles. The van der Waals surface area contributed by atoms with Gasteiger partial charge in [0.25, 0.3) is 0 Å². The molecule has 1 aromatic carbocycles. The van der Waals surface area contributed by atoms with E-state index in [4.69, 9.17) is 0 Å². The van der Waals surface area contributed by atoms with E-state index in [1.807, 2.05) is 0 Å². The summed E-state index contributed by atoms with van der Waals surface area (Å²) in [5, 5.41) is 2.82. The maximum Gasteiger partial charge on any atom is 0.243 e. The van der Waals surface area contributed by atoms with Gasteiger partial charge in [-0.25, -0.2) is 8.42 Å². The van der Waals surface area contributed by atoms with Gasteiger partial charge in [-0.1, -0.05) is 18.6 Å². The van der Waals surface area contributed by atoms with Gasteiger partial charge in [0.15, 0.2) is 0 Å². The highest BCUT2D eigenvalue weighted by Crippen LogP contribution is 2.28. The van der Waals surface area contributed by atoms with Crippen molar-refractivity contribution in [2.24, 2.45) is 5.92 Å². The molecule has 0 spiro atoms. The van der Waals surface area contributed by atoms with Crippen LogP contribution in [0.1, 0.15) is 19.3 Å². The van der Waals surface area contributed by atoms with Crippen LogP contribution >= 0.6 is 0 Å². The van der Waals surface area contributed by atoms with Gasteiger partial charge < -0.3 is 5.32 Å². The third-order valence-corrected chi connectivity index (χ3v) is 5.75. The van der Waals surface area contributed by atoms with Gasteiger partial charge in [0, 0.05) is 24.7 Å². The van der Waals surface area contributed by atoms with Gasteiger partial charge in [0.2, 0.25) is 15.9 Å². The van der Waals surface area contributed by atoms with Gasteiger partial charge in [-0.05, 0) is 37.1 Å². The molecule has 0 saturated heterocycles. The summed E-state index contributed by atoms with van der Waals surface area (Å²) < 4.78 is 26.4. The fraction of sp³-hybridized carbons (Fsp3) is 0.353. The van der Waals surface area contributed by atoms with Gasteiger partial charge >= 0.3 is 0 Å². The van der Waals surface area contributed by atoms with E-state index in [1.54, 1.807) is 12.1 Å². The molecule has 124 valence electrons. The van der Waals surface area contributed by atoms with E-state index < -0.39 is 10.0 Å². The van der Waals surface area contributed by atoms with Gasteiger partial charge in [-0.15, -0.1) is 13.2 Å². The molecule has 0 aromatic heterocycles. The number of benzene rings is 1. The maximum atomic E-state index is 12.6. The molecule has 2 rings (SSSR count). The average molecular weight is 334 g/mol. The molecule has 1 N–H and O–H groups in total. The van der Waals surface area contributed by atoms with Crippen molar-refractivity contribution < 1.29 is 13.2 Å². The lowest BCUT2D eigenvalue weighted by molar-refractivity contribution is -0.122. The highest BCUT2D eigenvalue weighted by molar-refractivity contribution is 7.89. The fourth-order valence-electron chi connectivity index (χ4n) is 2.33. The van der Waals surface area contributed by atoms with Crippen LogP contribution in [0.5, 0.6) is 0 Å². The van der Waals surface area contributed by atoms with E-state index in [2.05, 4.69) is 18.5 Å². The number of nitrogens with zero attached hydrogens (tertiary/aromatic N) is 1. The minimum atomic E-state index is -3.60. The number of rotatable bonds is 8. The van der Waals surface area contributed by atoms with Crippen LogP contribution in [0, 0.1) is 5.92 Å². The van der Waals surface area contributed by atoms with Crippen LogP contribution in [-0.2, 0) is 14.8 Å². The first-order chi connectivity index (χ1) is 11.0. The number of hydrogen-bond acceptors (Lipinski definition) is 3. The fourth-order valence-corrected chi connectivity index (χ4v) is 3.71. The smallest absolute Gasteiger partial charge is 0.243 e. The van der Waals surface area contributed by atoms with Gasteiger partial charge in [-0.2, -0.15) is 4.31 Å². The Balaban J connectivity index is 2.11. The van der Waals surface area contributed by atoms with Crippen LogP contribution in [-0.4, -0.2) is 31.7 Å². The third kappa shape index (κ3) is 4.09. The van der Waals surface area contributed by atoms with E-state index in [1.165, 1.54) is 28.6 Å². The van der Waals surface area contributed by atoms with Gasteiger partial charge in [-0.3, -0.25) is 4.79 Å². The number of hydrogen-bond donors (Lipinski definition) is 1. The molecule has 0 aliphatic heterocycles. The van der Waals surface area contributed by atoms with Crippen molar-refractivity contribution in [1.29, 1.82) is 0 Å². The second-order valence-corrected chi connectivity index (χ2v) is 7.48. The summed E-state index contributed by atoms with van der Waals surface area (Å²) in [6, 6.07) is 6.24. The maximum absolute atomic E-state index is 12.6. The summed E-state index contributed by atoms with van der Waals surface area (Å²) in [5.41, 5.74) is 0.611. The summed E-state index contributed by atoms with van der Waals surface area (Å²) in [4.78, 5) is 12.1. The Morgan fingerprint density at radius 3 is 2.17 bits per heavy atom. The summed E-state index contributed by atoms with van der Waals surface area (Å²) in [6.07, 6.45) is 6.02. The van der Waals surface area contributed by atoms with Crippen LogP contribution in [0.4, 0.5) is 5.69 Å². The van der Waals surface area contributed by atoms with Crippen molar-refractivity contribution in [3.63, 3.8) is 0 Å². The second-order valence-electron chi connectivity index (χ2n) is 5.54. The Labute approximate surface area is 137 Å². The molecular weight excluding hydrogens is 312 g/mol. The Kier molecular flexibility index (Phi) is 5.74. The van der Waals surface area contributed by atoms with Gasteiger partial charge in [0.1, 0.15) is 0 Å². The minimum Gasteiger partial charge on any atom is -0.326 e. The Morgan fingerprint density at radius 2 is 1.74 bits per heavy atom. The Bertz CT molecular complexity index is 666. The van der Waals surface area contributed by atoms with E-state index in [0.717, 1.165) is 19.3 Å². The summed E-state index contributed by atoms with van der Waals surface area (Å²) in [7, 11) is -3.60. The lowest BCUT2D eigenvalue weighted by Gasteiger charge is -2.24. The SMILES string of the molecule is C=CCN(CC=C)S(=O)(=O)c1ccc(NC(=O)C2CCC2)cc1. The van der Waals surface area contributed by atoms with E-state index >= 15 is 0 Å². The van der Waals surface area contributed by atoms with Crippen molar-refractivity contribution in [2.75, 3.05) is 18.4 Å². The van der Waals surface area contributed by atoms with Crippen molar-refractivity contribution in [3.8, 4) is 0 Å². The average Bonchev–Trinajstić information content (AvgIpc) is 2.45. The summed E-state index contributed by atoms with van der Waals surface area (Å²) in [6.45, 7) is 7.59. The largest absolute Gasteiger partial charge is 0.326 e. The monoisotopic (exact) mass is 334 g/mol. The summed E-state index contributed by atoms with van der Waals surface area (Å²) >= 11 is 0. The zero-order chi connectivity index (χ0) is 16.9. The summed E-state index contributed by atoms with van der Waals surface area (Å²) in [5.74, 6) is 0.0980. The predicted molar refractivity (Wildman–Crippen MR) is 91.6 cm³/mol. The second kappa shape index (κ2) is 7.57. The number of carbonyl (C=O) groups is 1. The van der Waals surface area contributed by atoms with Crippen LogP contribution in [0.3, 0.4) is 0 Å². The topological polar surface area (TPSA) is 66.5 Å². The lowest BCUT2D eigenvalue weighted by atomic mass is 9.85. The number of carbonyl (C=O) groups excluding carboxylic acids is 1. The molecule has 1 saturated carbocycles. The van der Waals surface area contributed by atoms with Gasteiger partial charge in [0.05, 0.1) is 4.90 Å². The molecular formula is C17H22N2O3S. The molecule has 5 nitrogen and oxygen atoms in total. The molecule has 23 heavy (non-hydrogen) atoms. The predicted octanol–water partition coefficient (Wildman–Crippen LogP) is 2.79. The molecule has 0 bridgehead atoms. The standard InChI is InChI=1S/C17H22N2O3S/c1-3-12-19(13-4-2)23(21,22)16-10-8-15(9-11-16)18-17(20)14-6-5-7-14/h3-4,8-11,14H,1-2,5-7,12-13H2,(H,18,20). The van der Waals surface area contributed by atoms with Crippen LogP contribution in [0.2, 0.25) is 0 Å².